The summed E-state index contributed by atoms with van der Waals surface area (Å²) in [6.07, 6.45) is 0. The first-order valence-corrected chi connectivity index (χ1v) is 8.28. The van der Waals surface area contributed by atoms with Crippen LogP contribution in [-0.2, 0) is 11.3 Å². The van der Waals surface area contributed by atoms with Crippen molar-refractivity contribution in [3.8, 4) is 5.75 Å². The molecule has 136 valence electrons. The third-order valence-corrected chi connectivity index (χ3v) is 3.58. The number of carbonyl (C=O) groups excluding carboxylic acids is 1. The number of anilines is 1. The van der Waals surface area contributed by atoms with Crippen molar-refractivity contribution in [3.05, 3.63) is 41.7 Å². The van der Waals surface area contributed by atoms with Crippen molar-refractivity contribution in [2.75, 3.05) is 25.6 Å². The Morgan fingerprint density at radius 2 is 2.08 bits per heavy atom. The molecule has 0 aliphatic heterocycles. The fourth-order valence-corrected chi connectivity index (χ4v) is 2.46. The van der Waals surface area contributed by atoms with Crippen molar-refractivity contribution in [3.63, 3.8) is 0 Å². The molecule has 0 saturated carbocycles. The lowest BCUT2D eigenvalue weighted by molar-refractivity contribution is 0.146. The summed E-state index contributed by atoms with van der Waals surface area (Å²) in [5.74, 6) is 0.686. The summed E-state index contributed by atoms with van der Waals surface area (Å²) >= 11 is 0. The van der Waals surface area contributed by atoms with Gasteiger partial charge in [0.25, 0.3) is 0 Å². The molecule has 2 rings (SSSR count). The number of rotatable bonds is 8. The van der Waals surface area contributed by atoms with E-state index in [2.05, 4.69) is 15.7 Å². The third kappa shape index (κ3) is 6.11. The van der Waals surface area contributed by atoms with Gasteiger partial charge in [-0.1, -0.05) is 6.07 Å². The molecule has 0 radical (unpaired) electrons. The first-order chi connectivity index (χ1) is 12.0. The van der Waals surface area contributed by atoms with Gasteiger partial charge < -0.3 is 20.1 Å². The molecule has 1 atom stereocenters. The minimum atomic E-state index is -0.261. The Morgan fingerprint density at radius 1 is 1.28 bits per heavy atom. The van der Waals surface area contributed by atoms with Gasteiger partial charge in [-0.2, -0.15) is 5.10 Å². The Balaban J connectivity index is 1.85. The van der Waals surface area contributed by atoms with E-state index in [0.717, 1.165) is 11.4 Å². The number of ether oxygens (including phenoxy) is 2. The van der Waals surface area contributed by atoms with Gasteiger partial charge in [0.1, 0.15) is 12.4 Å². The summed E-state index contributed by atoms with van der Waals surface area (Å²) in [6, 6.07) is 8.96. The fourth-order valence-electron chi connectivity index (χ4n) is 2.46. The molecule has 1 heterocycles. The predicted octanol–water partition coefficient (Wildman–Crippen LogP) is 2.74. The quantitative estimate of drug-likeness (QED) is 0.721. The highest BCUT2D eigenvalue weighted by atomic mass is 16.5. The maximum absolute atomic E-state index is 12.2. The summed E-state index contributed by atoms with van der Waals surface area (Å²) < 4.78 is 12.4. The fraction of sp³-hybridized carbons (Fsp3) is 0.444. The number of amides is 2. The normalized spacial score (nSPS) is 11.8. The Kier molecular flexibility index (Phi) is 6.82. The molecule has 2 N–H and O–H groups in total. The molecule has 1 aromatic heterocycles. The van der Waals surface area contributed by atoms with E-state index < -0.39 is 0 Å². The van der Waals surface area contributed by atoms with Crippen molar-refractivity contribution in [2.45, 2.75) is 33.4 Å². The van der Waals surface area contributed by atoms with Crippen LogP contribution in [0.1, 0.15) is 18.3 Å². The second-order valence-corrected chi connectivity index (χ2v) is 5.98. The Morgan fingerprint density at radius 3 is 2.76 bits per heavy atom. The minimum absolute atomic E-state index is 0.0564. The summed E-state index contributed by atoms with van der Waals surface area (Å²) in [7, 11) is 1.62. The lowest BCUT2D eigenvalue weighted by atomic mass is 10.3. The molecular weight excluding hydrogens is 320 g/mol. The van der Waals surface area contributed by atoms with Crippen molar-refractivity contribution < 1.29 is 14.3 Å². The zero-order chi connectivity index (χ0) is 18.2. The molecule has 1 aromatic carbocycles. The lowest BCUT2D eigenvalue weighted by Gasteiger charge is -2.16. The van der Waals surface area contributed by atoms with Gasteiger partial charge in [-0.3, -0.25) is 4.68 Å². The Hall–Kier alpha value is -2.54. The van der Waals surface area contributed by atoms with Gasteiger partial charge in [0.05, 0.1) is 18.8 Å². The first-order valence-electron chi connectivity index (χ1n) is 8.28. The Bertz CT molecular complexity index is 699. The molecule has 1 unspecified atom stereocenters. The van der Waals surface area contributed by atoms with Gasteiger partial charge in [-0.05, 0) is 39.0 Å². The zero-order valence-corrected chi connectivity index (χ0v) is 15.2. The predicted molar refractivity (Wildman–Crippen MR) is 97.1 cm³/mol. The van der Waals surface area contributed by atoms with Gasteiger partial charge in [0, 0.05) is 30.6 Å². The topological polar surface area (TPSA) is 77.4 Å². The van der Waals surface area contributed by atoms with Crippen LogP contribution in [0, 0.1) is 13.8 Å². The van der Waals surface area contributed by atoms with E-state index in [9.17, 15) is 4.79 Å². The van der Waals surface area contributed by atoms with Crippen molar-refractivity contribution in [1.82, 2.24) is 15.1 Å². The number of nitrogens with zero attached hydrogens (tertiary/aromatic N) is 2. The van der Waals surface area contributed by atoms with Crippen LogP contribution >= 0.6 is 0 Å². The van der Waals surface area contributed by atoms with Crippen LogP contribution in [0.2, 0.25) is 0 Å². The highest BCUT2D eigenvalue weighted by Gasteiger charge is 2.10. The van der Waals surface area contributed by atoms with Gasteiger partial charge in [-0.25, -0.2) is 4.79 Å². The highest BCUT2D eigenvalue weighted by Crippen LogP contribution is 2.17. The van der Waals surface area contributed by atoms with E-state index in [-0.39, 0.29) is 12.1 Å². The van der Waals surface area contributed by atoms with Gasteiger partial charge in [0.15, 0.2) is 0 Å². The molecular formula is C18H26N4O3. The van der Waals surface area contributed by atoms with Crippen molar-refractivity contribution in [1.29, 1.82) is 0 Å². The average Bonchev–Trinajstić information content (AvgIpc) is 2.85. The molecule has 2 amide bonds. The second-order valence-electron chi connectivity index (χ2n) is 5.98. The number of hydrogen-bond acceptors (Lipinski definition) is 4. The standard InChI is InChI=1S/C18H26N4O3/c1-13-10-15(3)22(21-13)12-14(2)19-18(23)20-16-6-5-7-17(11-16)25-9-8-24-4/h5-7,10-11,14H,8-9,12H2,1-4H3,(H2,19,20,23). The maximum Gasteiger partial charge on any atom is 0.319 e. The molecule has 0 aliphatic rings. The molecule has 0 bridgehead atoms. The molecule has 7 nitrogen and oxygen atoms in total. The van der Waals surface area contributed by atoms with Crippen LogP contribution in [0.5, 0.6) is 5.75 Å². The van der Waals surface area contributed by atoms with E-state index in [1.54, 1.807) is 13.2 Å². The third-order valence-electron chi connectivity index (χ3n) is 3.58. The van der Waals surface area contributed by atoms with E-state index in [1.165, 1.54) is 0 Å². The summed E-state index contributed by atoms with van der Waals surface area (Å²) in [6.45, 7) is 7.50. The molecule has 2 aromatic rings. The SMILES string of the molecule is COCCOc1cccc(NC(=O)NC(C)Cn2nc(C)cc2C)c1. The molecule has 7 heteroatoms. The number of carbonyl (C=O) groups is 1. The summed E-state index contributed by atoms with van der Waals surface area (Å²) in [5, 5.41) is 10.1. The van der Waals surface area contributed by atoms with Gasteiger partial charge >= 0.3 is 6.03 Å². The average molecular weight is 346 g/mol. The second kappa shape index (κ2) is 9.08. The maximum atomic E-state index is 12.2. The molecule has 0 saturated heterocycles. The molecule has 25 heavy (non-hydrogen) atoms. The monoisotopic (exact) mass is 346 g/mol. The summed E-state index contributed by atoms with van der Waals surface area (Å²) in [4.78, 5) is 12.2. The summed E-state index contributed by atoms with van der Waals surface area (Å²) in [5.41, 5.74) is 2.72. The van der Waals surface area contributed by atoms with Crippen LogP contribution in [-0.4, -0.2) is 42.2 Å². The van der Waals surface area contributed by atoms with Crippen LogP contribution in [0.15, 0.2) is 30.3 Å². The van der Waals surface area contributed by atoms with Crippen LogP contribution in [0.4, 0.5) is 10.5 Å². The van der Waals surface area contributed by atoms with Crippen molar-refractivity contribution >= 4 is 11.7 Å². The number of urea groups is 1. The molecule has 0 spiro atoms. The largest absolute Gasteiger partial charge is 0.491 e. The lowest BCUT2D eigenvalue weighted by Crippen LogP contribution is -2.38. The number of aromatic nitrogens is 2. The zero-order valence-electron chi connectivity index (χ0n) is 15.2. The van der Waals surface area contributed by atoms with Crippen LogP contribution in [0.3, 0.4) is 0 Å². The minimum Gasteiger partial charge on any atom is -0.491 e. The van der Waals surface area contributed by atoms with E-state index in [4.69, 9.17) is 9.47 Å². The van der Waals surface area contributed by atoms with Crippen LogP contribution < -0.4 is 15.4 Å². The first kappa shape index (κ1) is 18.8. The smallest absolute Gasteiger partial charge is 0.319 e. The Labute approximate surface area is 148 Å². The van der Waals surface area contributed by atoms with Gasteiger partial charge in [0.2, 0.25) is 0 Å². The number of hydrogen-bond donors (Lipinski definition) is 2. The molecule has 0 aliphatic carbocycles. The van der Waals surface area contributed by atoms with Crippen molar-refractivity contribution in [2.24, 2.45) is 0 Å². The highest BCUT2D eigenvalue weighted by molar-refractivity contribution is 5.89. The van der Waals surface area contributed by atoms with Crippen LogP contribution in [0.25, 0.3) is 0 Å². The number of aryl methyl sites for hydroxylation is 2. The number of benzene rings is 1. The molecule has 0 fully saturated rings. The van der Waals surface area contributed by atoms with Gasteiger partial charge in [-0.15, -0.1) is 0 Å². The number of nitrogens with one attached hydrogen (secondary N) is 2. The number of methoxy groups -OCH3 is 1. The van der Waals surface area contributed by atoms with E-state index in [1.807, 2.05) is 49.7 Å². The van der Waals surface area contributed by atoms with E-state index >= 15 is 0 Å². The van der Waals surface area contributed by atoms with E-state index in [0.29, 0.717) is 31.2 Å².